The SMILES string of the molecule is C=CC(=O)Oc1c(N)cc(OC(=O)OC)c2cc(Cl)ccc12. The number of ether oxygens (including phenoxy) is 3. The maximum atomic E-state index is 11.4. The number of hydrogen-bond donors (Lipinski definition) is 1. The molecule has 0 saturated heterocycles. The quantitative estimate of drug-likeness (QED) is 0.307. The van der Waals surface area contributed by atoms with Gasteiger partial charge in [0.1, 0.15) is 5.75 Å². The van der Waals surface area contributed by atoms with Crippen molar-refractivity contribution >= 4 is 40.2 Å². The molecule has 2 aromatic carbocycles. The van der Waals surface area contributed by atoms with Gasteiger partial charge in [0.05, 0.1) is 12.8 Å². The molecule has 114 valence electrons. The molecule has 0 amide bonds. The molecule has 0 bridgehead atoms. The van der Waals surface area contributed by atoms with Gasteiger partial charge < -0.3 is 19.9 Å². The number of nitrogens with two attached hydrogens (primary N) is 1. The van der Waals surface area contributed by atoms with Crippen molar-refractivity contribution in [3.8, 4) is 11.5 Å². The minimum absolute atomic E-state index is 0.115. The van der Waals surface area contributed by atoms with Crippen molar-refractivity contribution in [2.24, 2.45) is 0 Å². The Morgan fingerprint density at radius 2 is 1.95 bits per heavy atom. The van der Waals surface area contributed by atoms with E-state index in [-0.39, 0.29) is 17.2 Å². The van der Waals surface area contributed by atoms with Gasteiger partial charge in [-0.1, -0.05) is 18.2 Å². The molecular weight excluding hydrogens is 310 g/mol. The van der Waals surface area contributed by atoms with Crippen molar-refractivity contribution in [2.45, 2.75) is 0 Å². The molecule has 0 heterocycles. The summed E-state index contributed by atoms with van der Waals surface area (Å²) < 4.78 is 14.6. The van der Waals surface area contributed by atoms with Gasteiger partial charge >= 0.3 is 12.1 Å². The van der Waals surface area contributed by atoms with Gasteiger partial charge in [-0.3, -0.25) is 0 Å². The Labute approximate surface area is 131 Å². The van der Waals surface area contributed by atoms with E-state index in [0.29, 0.717) is 15.8 Å². The van der Waals surface area contributed by atoms with E-state index < -0.39 is 12.1 Å². The van der Waals surface area contributed by atoms with Crippen LogP contribution >= 0.6 is 11.6 Å². The van der Waals surface area contributed by atoms with Crippen LogP contribution in [0.3, 0.4) is 0 Å². The van der Waals surface area contributed by atoms with Gasteiger partial charge in [0.2, 0.25) is 0 Å². The molecule has 0 aliphatic heterocycles. The second-order valence-electron chi connectivity index (χ2n) is 4.16. The summed E-state index contributed by atoms with van der Waals surface area (Å²) >= 11 is 5.96. The van der Waals surface area contributed by atoms with Crippen LogP contribution in [0, 0.1) is 0 Å². The molecule has 2 aromatic rings. The van der Waals surface area contributed by atoms with Crippen molar-refractivity contribution in [3.63, 3.8) is 0 Å². The highest BCUT2D eigenvalue weighted by Gasteiger charge is 2.17. The lowest BCUT2D eigenvalue weighted by atomic mass is 10.1. The first-order valence-corrected chi connectivity index (χ1v) is 6.46. The standard InChI is InChI=1S/C15H12ClNO5/c1-3-13(18)22-14-9-5-4-8(16)6-10(9)12(7-11(14)17)21-15(19)20-2/h3-7H,1,17H2,2H3. The molecule has 0 radical (unpaired) electrons. The lowest BCUT2D eigenvalue weighted by Gasteiger charge is -2.13. The van der Waals surface area contributed by atoms with E-state index in [9.17, 15) is 9.59 Å². The topological polar surface area (TPSA) is 87.9 Å². The van der Waals surface area contributed by atoms with Gasteiger partial charge in [0, 0.05) is 27.9 Å². The molecule has 0 aliphatic rings. The number of nitrogen functional groups attached to an aromatic ring is 1. The van der Waals surface area contributed by atoms with Crippen LogP contribution in [0.25, 0.3) is 10.8 Å². The Morgan fingerprint density at radius 1 is 1.23 bits per heavy atom. The second kappa shape index (κ2) is 6.36. The van der Waals surface area contributed by atoms with Crippen molar-refractivity contribution in [3.05, 3.63) is 41.9 Å². The molecular formula is C15H12ClNO5. The summed E-state index contributed by atoms with van der Waals surface area (Å²) in [6.07, 6.45) is 0.108. The number of benzene rings is 2. The van der Waals surface area contributed by atoms with Gasteiger partial charge in [-0.15, -0.1) is 0 Å². The molecule has 0 aliphatic carbocycles. The van der Waals surface area contributed by atoms with Crippen LogP contribution in [0.4, 0.5) is 10.5 Å². The fourth-order valence-electron chi connectivity index (χ4n) is 1.83. The fourth-order valence-corrected chi connectivity index (χ4v) is 2.00. The largest absolute Gasteiger partial charge is 0.513 e. The lowest BCUT2D eigenvalue weighted by Crippen LogP contribution is -2.10. The van der Waals surface area contributed by atoms with E-state index in [0.717, 1.165) is 6.08 Å². The van der Waals surface area contributed by atoms with Gasteiger partial charge in [-0.25, -0.2) is 9.59 Å². The van der Waals surface area contributed by atoms with Crippen molar-refractivity contribution in [1.29, 1.82) is 0 Å². The number of carbonyl (C=O) groups is 2. The number of fused-ring (bicyclic) bond motifs is 1. The molecule has 7 heteroatoms. The Bertz CT molecular complexity index is 772. The monoisotopic (exact) mass is 321 g/mol. The van der Waals surface area contributed by atoms with E-state index in [1.165, 1.54) is 13.2 Å². The minimum atomic E-state index is -0.906. The van der Waals surface area contributed by atoms with Crippen molar-refractivity contribution in [1.82, 2.24) is 0 Å². The maximum Gasteiger partial charge on any atom is 0.513 e. The third-order valence-electron chi connectivity index (χ3n) is 2.77. The van der Waals surface area contributed by atoms with Crippen molar-refractivity contribution in [2.75, 3.05) is 12.8 Å². The van der Waals surface area contributed by atoms with Crippen LogP contribution in [0.2, 0.25) is 5.02 Å². The minimum Gasteiger partial charge on any atom is -0.437 e. The summed E-state index contributed by atoms with van der Waals surface area (Å²) in [6, 6.07) is 6.10. The normalized spacial score (nSPS) is 10.1. The zero-order chi connectivity index (χ0) is 16.3. The summed E-state index contributed by atoms with van der Waals surface area (Å²) in [5, 5.41) is 1.31. The Kier molecular flexibility index (Phi) is 4.53. The van der Waals surface area contributed by atoms with E-state index in [1.807, 2.05) is 0 Å². The fraction of sp³-hybridized carbons (Fsp3) is 0.0667. The van der Waals surface area contributed by atoms with Crippen LogP contribution in [-0.2, 0) is 9.53 Å². The maximum absolute atomic E-state index is 11.4. The highest BCUT2D eigenvalue weighted by atomic mass is 35.5. The van der Waals surface area contributed by atoms with Crippen LogP contribution < -0.4 is 15.2 Å². The first-order chi connectivity index (χ1) is 10.5. The summed E-state index contributed by atoms with van der Waals surface area (Å²) in [5.41, 5.74) is 5.98. The number of rotatable bonds is 3. The number of anilines is 1. The van der Waals surface area contributed by atoms with E-state index >= 15 is 0 Å². The average Bonchev–Trinajstić information content (AvgIpc) is 2.50. The smallest absolute Gasteiger partial charge is 0.437 e. The van der Waals surface area contributed by atoms with Gasteiger partial charge in [0.25, 0.3) is 0 Å². The molecule has 2 rings (SSSR count). The highest BCUT2D eigenvalue weighted by molar-refractivity contribution is 6.31. The summed E-state index contributed by atoms with van der Waals surface area (Å²) in [7, 11) is 1.18. The Morgan fingerprint density at radius 3 is 2.59 bits per heavy atom. The zero-order valence-electron chi connectivity index (χ0n) is 11.6. The molecule has 0 spiro atoms. The zero-order valence-corrected chi connectivity index (χ0v) is 12.3. The predicted molar refractivity (Wildman–Crippen MR) is 82.2 cm³/mol. The first kappa shape index (κ1) is 15.7. The molecule has 0 aromatic heterocycles. The molecule has 6 nitrogen and oxygen atoms in total. The molecule has 0 atom stereocenters. The molecule has 0 saturated carbocycles. The summed E-state index contributed by atoms with van der Waals surface area (Å²) in [6.45, 7) is 3.33. The third kappa shape index (κ3) is 3.12. The van der Waals surface area contributed by atoms with Gasteiger partial charge in [0.15, 0.2) is 5.75 Å². The summed E-state index contributed by atoms with van der Waals surface area (Å²) in [5.74, 6) is -0.390. The number of esters is 1. The van der Waals surface area contributed by atoms with E-state index in [1.54, 1.807) is 18.2 Å². The van der Waals surface area contributed by atoms with E-state index in [2.05, 4.69) is 11.3 Å². The first-order valence-electron chi connectivity index (χ1n) is 6.08. The Balaban J connectivity index is 2.66. The average molecular weight is 322 g/mol. The number of methoxy groups -OCH3 is 1. The van der Waals surface area contributed by atoms with Crippen LogP contribution in [-0.4, -0.2) is 19.2 Å². The summed E-state index contributed by atoms with van der Waals surface area (Å²) in [4.78, 5) is 22.7. The Hall–Kier alpha value is -2.73. The second-order valence-corrected chi connectivity index (χ2v) is 4.60. The lowest BCUT2D eigenvalue weighted by molar-refractivity contribution is -0.128. The molecule has 22 heavy (non-hydrogen) atoms. The third-order valence-corrected chi connectivity index (χ3v) is 3.00. The molecule has 2 N–H and O–H groups in total. The molecule has 0 unspecified atom stereocenters. The number of carbonyl (C=O) groups excluding carboxylic acids is 2. The van der Waals surface area contributed by atoms with Crippen LogP contribution in [0.15, 0.2) is 36.9 Å². The highest BCUT2D eigenvalue weighted by Crippen LogP contribution is 2.40. The predicted octanol–water partition coefficient (Wildman–Crippen LogP) is 3.31. The van der Waals surface area contributed by atoms with Gasteiger partial charge in [-0.2, -0.15) is 0 Å². The van der Waals surface area contributed by atoms with E-state index in [4.69, 9.17) is 26.8 Å². The van der Waals surface area contributed by atoms with Crippen LogP contribution in [0.1, 0.15) is 0 Å². The number of halogens is 1. The van der Waals surface area contributed by atoms with Crippen LogP contribution in [0.5, 0.6) is 11.5 Å². The van der Waals surface area contributed by atoms with Gasteiger partial charge in [-0.05, 0) is 18.2 Å². The number of hydrogen-bond acceptors (Lipinski definition) is 6. The molecule has 0 fully saturated rings. The van der Waals surface area contributed by atoms with Crippen molar-refractivity contribution < 1.29 is 23.8 Å².